The Morgan fingerprint density at radius 1 is 0.900 bits per heavy atom. The highest BCUT2D eigenvalue weighted by atomic mass is 16.5. The Balaban J connectivity index is 2.12. The molecule has 20 heavy (non-hydrogen) atoms. The number of rotatable bonds is 3. The van der Waals surface area contributed by atoms with Crippen LogP contribution in [-0.4, -0.2) is 4.98 Å². The molecule has 1 aromatic heterocycles. The van der Waals surface area contributed by atoms with Crippen LogP contribution in [0, 0.1) is 0 Å². The van der Waals surface area contributed by atoms with Crippen molar-refractivity contribution in [3.8, 4) is 11.6 Å². The van der Waals surface area contributed by atoms with Crippen molar-refractivity contribution in [2.45, 2.75) is 19.8 Å². The normalized spacial score (nSPS) is 10.9. The summed E-state index contributed by atoms with van der Waals surface area (Å²) in [5.41, 5.74) is 1.05. The average molecular weight is 263 g/mol. The molecule has 0 N–H and O–H groups in total. The van der Waals surface area contributed by atoms with Gasteiger partial charge in [0.2, 0.25) is 5.88 Å². The minimum absolute atomic E-state index is 0.373. The van der Waals surface area contributed by atoms with E-state index in [9.17, 15) is 0 Å². The summed E-state index contributed by atoms with van der Waals surface area (Å²) < 4.78 is 5.97. The third-order valence-electron chi connectivity index (χ3n) is 3.27. The van der Waals surface area contributed by atoms with E-state index in [0.29, 0.717) is 11.8 Å². The first-order chi connectivity index (χ1) is 9.74. The Labute approximate surface area is 119 Å². The predicted octanol–water partition coefficient (Wildman–Crippen LogP) is 5.15. The van der Waals surface area contributed by atoms with Gasteiger partial charge in [-0.15, -0.1) is 0 Å². The van der Waals surface area contributed by atoms with Crippen LogP contribution < -0.4 is 4.74 Å². The molecule has 2 heteroatoms. The molecule has 0 saturated heterocycles. The van der Waals surface area contributed by atoms with Crippen molar-refractivity contribution in [3.63, 3.8) is 0 Å². The molecule has 3 aromatic rings. The van der Waals surface area contributed by atoms with E-state index in [2.05, 4.69) is 31.0 Å². The number of nitrogens with zero attached hydrogens (tertiary/aromatic N) is 1. The number of aromatic nitrogens is 1. The van der Waals surface area contributed by atoms with E-state index in [0.717, 1.165) is 22.2 Å². The van der Waals surface area contributed by atoms with Gasteiger partial charge in [-0.3, -0.25) is 0 Å². The quantitative estimate of drug-likeness (QED) is 0.652. The number of pyridine rings is 1. The van der Waals surface area contributed by atoms with Crippen molar-refractivity contribution < 1.29 is 4.74 Å². The molecule has 0 aliphatic carbocycles. The van der Waals surface area contributed by atoms with Gasteiger partial charge in [-0.05, 0) is 35.6 Å². The van der Waals surface area contributed by atoms with Crippen molar-refractivity contribution >= 4 is 10.8 Å². The lowest BCUT2D eigenvalue weighted by Crippen LogP contribution is -1.97. The minimum Gasteiger partial charge on any atom is -0.438 e. The molecule has 0 atom stereocenters. The molecular formula is C18H17NO. The zero-order chi connectivity index (χ0) is 13.9. The van der Waals surface area contributed by atoms with Gasteiger partial charge in [0.05, 0.1) is 0 Å². The van der Waals surface area contributed by atoms with Crippen LogP contribution in [0.4, 0.5) is 0 Å². The van der Waals surface area contributed by atoms with Crippen LogP contribution in [0.5, 0.6) is 11.6 Å². The summed E-state index contributed by atoms with van der Waals surface area (Å²) in [6, 6.07) is 20.1. The molecule has 0 saturated carbocycles. The van der Waals surface area contributed by atoms with Crippen LogP contribution in [0.3, 0.4) is 0 Å². The molecule has 0 aliphatic rings. The minimum atomic E-state index is 0.373. The Morgan fingerprint density at radius 2 is 1.60 bits per heavy atom. The van der Waals surface area contributed by atoms with E-state index >= 15 is 0 Å². The van der Waals surface area contributed by atoms with Crippen molar-refractivity contribution in [1.29, 1.82) is 0 Å². The summed E-state index contributed by atoms with van der Waals surface area (Å²) in [7, 11) is 0. The first-order valence-corrected chi connectivity index (χ1v) is 6.86. The van der Waals surface area contributed by atoms with Crippen LogP contribution in [-0.2, 0) is 0 Å². The number of para-hydroxylation sites is 1. The van der Waals surface area contributed by atoms with E-state index in [-0.39, 0.29) is 0 Å². The van der Waals surface area contributed by atoms with Gasteiger partial charge in [-0.25, -0.2) is 4.98 Å². The molecule has 100 valence electrons. The van der Waals surface area contributed by atoms with E-state index in [4.69, 9.17) is 4.74 Å². The summed E-state index contributed by atoms with van der Waals surface area (Å²) in [6.45, 7) is 4.28. The second-order valence-corrected chi connectivity index (χ2v) is 5.14. The Bertz CT molecular complexity index is 720. The molecule has 0 bridgehead atoms. The van der Waals surface area contributed by atoms with Crippen LogP contribution >= 0.6 is 0 Å². The van der Waals surface area contributed by atoms with Crippen LogP contribution in [0.15, 0.2) is 60.7 Å². The smallest absolute Gasteiger partial charge is 0.227 e. The van der Waals surface area contributed by atoms with E-state index < -0.39 is 0 Å². The summed E-state index contributed by atoms with van der Waals surface area (Å²) in [6.07, 6.45) is 0. The largest absolute Gasteiger partial charge is 0.438 e. The second-order valence-electron chi connectivity index (χ2n) is 5.14. The maximum Gasteiger partial charge on any atom is 0.227 e. The summed E-state index contributed by atoms with van der Waals surface area (Å²) >= 11 is 0. The monoisotopic (exact) mass is 263 g/mol. The van der Waals surface area contributed by atoms with Gasteiger partial charge in [-0.2, -0.15) is 0 Å². The summed E-state index contributed by atoms with van der Waals surface area (Å²) in [4.78, 5) is 4.67. The highest BCUT2D eigenvalue weighted by molar-refractivity contribution is 5.87. The maximum atomic E-state index is 5.97. The van der Waals surface area contributed by atoms with Gasteiger partial charge in [0.25, 0.3) is 0 Å². The van der Waals surface area contributed by atoms with Crippen molar-refractivity contribution in [1.82, 2.24) is 4.98 Å². The molecule has 2 nitrogen and oxygen atoms in total. The Kier molecular flexibility index (Phi) is 3.38. The van der Waals surface area contributed by atoms with Crippen LogP contribution in [0.1, 0.15) is 25.5 Å². The average Bonchev–Trinajstić information content (AvgIpc) is 2.48. The lowest BCUT2D eigenvalue weighted by atomic mass is 10.1. The number of ether oxygens (including phenoxy) is 1. The topological polar surface area (TPSA) is 22.1 Å². The molecule has 0 radical (unpaired) electrons. The maximum absolute atomic E-state index is 5.97. The van der Waals surface area contributed by atoms with E-state index in [1.165, 1.54) is 0 Å². The number of hydrogen-bond acceptors (Lipinski definition) is 2. The Hall–Kier alpha value is -2.35. The zero-order valence-electron chi connectivity index (χ0n) is 11.7. The molecule has 0 fully saturated rings. The summed E-state index contributed by atoms with van der Waals surface area (Å²) in [5, 5.41) is 2.21. The molecule has 2 aromatic carbocycles. The van der Waals surface area contributed by atoms with Crippen LogP contribution in [0.25, 0.3) is 10.8 Å². The molecular weight excluding hydrogens is 246 g/mol. The van der Waals surface area contributed by atoms with Gasteiger partial charge < -0.3 is 4.74 Å². The number of fused-ring (bicyclic) bond motifs is 1. The van der Waals surface area contributed by atoms with E-state index in [1.807, 2.05) is 48.5 Å². The second kappa shape index (κ2) is 5.33. The van der Waals surface area contributed by atoms with E-state index in [1.54, 1.807) is 0 Å². The fourth-order valence-electron chi connectivity index (χ4n) is 2.16. The molecule has 0 unspecified atom stereocenters. The van der Waals surface area contributed by atoms with Crippen LogP contribution in [0.2, 0.25) is 0 Å². The molecule has 0 amide bonds. The molecule has 1 heterocycles. The fourth-order valence-corrected chi connectivity index (χ4v) is 2.16. The summed E-state index contributed by atoms with van der Waals surface area (Å²) in [5.74, 6) is 1.86. The zero-order valence-corrected chi connectivity index (χ0v) is 11.7. The van der Waals surface area contributed by atoms with Gasteiger partial charge >= 0.3 is 0 Å². The van der Waals surface area contributed by atoms with Gasteiger partial charge in [0.1, 0.15) is 5.75 Å². The Morgan fingerprint density at radius 3 is 2.35 bits per heavy atom. The third-order valence-corrected chi connectivity index (χ3v) is 3.27. The van der Waals surface area contributed by atoms with Gasteiger partial charge in [0.15, 0.2) is 0 Å². The molecule has 0 aliphatic heterocycles. The molecule has 3 rings (SSSR count). The SMILES string of the molecule is CC(C)c1cc2ccccc2c(Oc2ccccc2)n1. The third kappa shape index (κ3) is 2.50. The lowest BCUT2D eigenvalue weighted by Gasteiger charge is -2.12. The first-order valence-electron chi connectivity index (χ1n) is 6.86. The number of hydrogen-bond donors (Lipinski definition) is 0. The first kappa shape index (κ1) is 12.7. The highest BCUT2D eigenvalue weighted by Crippen LogP contribution is 2.30. The van der Waals surface area contributed by atoms with Gasteiger partial charge in [-0.1, -0.05) is 50.2 Å². The highest BCUT2D eigenvalue weighted by Gasteiger charge is 2.10. The van der Waals surface area contributed by atoms with Crippen molar-refractivity contribution in [2.24, 2.45) is 0 Å². The number of benzene rings is 2. The standard InChI is InChI=1S/C18H17NO/c1-13(2)17-12-14-8-6-7-11-16(14)18(19-17)20-15-9-4-3-5-10-15/h3-13H,1-2H3. The van der Waals surface area contributed by atoms with Crippen molar-refractivity contribution in [2.75, 3.05) is 0 Å². The van der Waals surface area contributed by atoms with Gasteiger partial charge in [0, 0.05) is 11.1 Å². The fraction of sp³-hybridized carbons (Fsp3) is 0.167. The lowest BCUT2D eigenvalue weighted by molar-refractivity contribution is 0.466. The van der Waals surface area contributed by atoms with Crippen molar-refractivity contribution in [3.05, 3.63) is 66.4 Å². The molecule has 0 spiro atoms. The predicted molar refractivity (Wildman–Crippen MR) is 82.3 cm³/mol.